The fraction of sp³-hybridized carbons (Fsp3) is 0.400. The van der Waals surface area contributed by atoms with Crippen LogP contribution in [-0.2, 0) is 6.42 Å². The van der Waals surface area contributed by atoms with Crippen molar-refractivity contribution in [3.05, 3.63) is 28.2 Å². The van der Waals surface area contributed by atoms with Gasteiger partial charge in [-0.05, 0) is 46.5 Å². The average molecular weight is 247 g/mol. The number of halogens is 2. The van der Waals surface area contributed by atoms with Gasteiger partial charge in [-0.25, -0.2) is 0 Å². The molecule has 0 radical (unpaired) electrons. The van der Waals surface area contributed by atoms with Crippen LogP contribution in [0.3, 0.4) is 0 Å². The van der Waals surface area contributed by atoms with Gasteiger partial charge in [0.2, 0.25) is 0 Å². The Morgan fingerprint density at radius 2 is 2.23 bits per heavy atom. The van der Waals surface area contributed by atoms with Crippen LogP contribution < -0.4 is 4.74 Å². The van der Waals surface area contributed by atoms with E-state index in [9.17, 15) is 4.39 Å². The molecule has 0 aliphatic rings. The molecule has 0 bridgehead atoms. The number of hydrogen-bond donors (Lipinski definition) is 0. The highest BCUT2D eigenvalue weighted by Gasteiger charge is 2.00. The summed E-state index contributed by atoms with van der Waals surface area (Å²) >= 11 is 3.38. The van der Waals surface area contributed by atoms with Gasteiger partial charge >= 0.3 is 0 Å². The molecule has 72 valence electrons. The second-order valence-corrected chi connectivity index (χ2v) is 3.62. The van der Waals surface area contributed by atoms with Gasteiger partial charge in [0.15, 0.2) is 0 Å². The van der Waals surface area contributed by atoms with Crippen molar-refractivity contribution in [1.82, 2.24) is 0 Å². The molecule has 0 aliphatic heterocycles. The number of rotatable bonds is 4. The van der Waals surface area contributed by atoms with E-state index in [0.717, 1.165) is 22.2 Å². The maximum Gasteiger partial charge on any atom is 0.133 e. The molecule has 1 rings (SSSR count). The third-order valence-electron chi connectivity index (χ3n) is 1.82. The average Bonchev–Trinajstić information content (AvgIpc) is 2.15. The lowest BCUT2D eigenvalue weighted by molar-refractivity contribution is 0.412. The van der Waals surface area contributed by atoms with Crippen molar-refractivity contribution in [3.8, 4) is 5.75 Å². The molecular formula is C10H12BrFO. The van der Waals surface area contributed by atoms with Gasteiger partial charge in [-0.3, -0.25) is 4.39 Å². The summed E-state index contributed by atoms with van der Waals surface area (Å²) in [6.45, 7) is -0.260. The number of ether oxygens (including phenoxy) is 1. The Hall–Kier alpha value is -0.570. The first-order chi connectivity index (χ1) is 6.27. The molecule has 0 spiro atoms. The molecule has 1 nitrogen and oxygen atoms in total. The summed E-state index contributed by atoms with van der Waals surface area (Å²) in [6.07, 6.45) is 1.36. The minimum atomic E-state index is -0.260. The maximum atomic E-state index is 11.9. The first-order valence-corrected chi connectivity index (χ1v) is 4.95. The van der Waals surface area contributed by atoms with Gasteiger partial charge in [0.05, 0.1) is 18.3 Å². The Labute approximate surface area is 86.0 Å². The topological polar surface area (TPSA) is 9.23 Å². The van der Waals surface area contributed by atoms with E-state index in [1.807, 2.05) is 18.2 Å². The quantitative estimate of drug-likeness (QED) is 0.792. The number of aryl methyl sites for hydroxylation is 1. The number of benzene rings is 1. The highest BCUT2D eigenvalue weighted by Crippen LogP contribution is 2.25. The van der Waals surface area contributed by atoms with Crippen molar-refractivity contribution in [2.45, 2.75) is 12.8 Å². The Morgan fingerprint density at radius 3 is 2.77 bits per heavy atom. The lowest BCUT2D eigenvalue weighted by Gasteiger charge is -2.05. The van der Waals surface area contributed by atoms with E-state index in [-0.39, 0.29) is 6.67 Å². The number of alkyl halides is 1. The van der Waals surface area contributed by atoms with Gasteiger partial charge < -0.3 is 4.74 Å². The summed E-state index contributed by atoms with van der Waals surface area (Å²) in [5, 5.41) is 0. The summed E-state index contributed by atoms with van der Waals surface area (Å²) in [7, 11) is 1.63. The van der Waals surface area contributed by atoms with Gasteiger partial charge in [0, 0.05) is 0 Å². The molecule has 0 N–H and O–H groups in total. The Kier molecular flexibility index (Phi) is 4.22. The van der Waals surface area contributed by atoms with E-state index < -0.39 is 0 Å². The van der Waals surface area contributed by atoms with Crippen molar-refractivity contribution in [3.63, 3.8) is 0 Å². The van der Waals surface area contributed by atoms with Crippen LogP contribution in [0, 0.1) is 0 Å². The number of hydrogen-bond acceptors (Lipinski definition) is 1. The fourth-order valence-electron chi connectivity index (χ4n) is 1.14. The zero-order valence-corrected chi connectivity index (χ0v) is 9.10. The van der Waals surface area contributed by atoms with Crippen LogP contribution in [0.2, 0.25) is 0 Å². The molecule has 13 heavy (non-hydrogen) atoms. The van der Waals surface area contributed by atoms with E-state index in [2.05, 4.69) is 15.9 Å². The first kappa shape index (κ1) is 10.5. The standard InChI is InChI=1S/C10H12BrFO/c1-13-10-5-4-8(3-2-6-12)7-9(10)11/h4-5,7H,2-3,6H2,1H3. The summed E-state index contributed by atoms with van der Waals surface area (Å²) in [5.41, 5.74) is 1.13. The smallest absolute Gasteiger partial charge is 0.133 e. The largest absolute Gasteiger partial charge is 0.496 e. The van der Waals surface area contributed by atoms with E-state index in [1.54, 1.807) is 7.11 Å². The van der Waals surface area contributed by atoms with Crippen LogP contribution in [0.25, 0.3) is 0 Å². The lowest BCUT2D eigenvalue weighted by atomic mass is 10.1. The molecule has 0 aromatic heterocycles. The highest BCUT2D eigenvalue weighted by atomic mass is 79.9. The molecule has 1 aromatic carbocycles. The van der Waals surface area contributed by atoms with Crippen LogP contribution in [0.1, 0.15) is 12.0 Å². The molecule has 0 atom stereocenters. The molecule has 0 amide bonds. The fourth-order valence-corrected chi connectivity index (χ4v) is 1.72. The van der Waals surface area contributed by atoms with Crippen molar-refractivity contribution >= 4 is 15.9 Å². The zero-order valence-electron chi connectivity index (χ0n) is 7.52. The third kappa shape index (κ3) is 2.99. The van der Waals surface area contributed by atoms with Crippen LogP contribution in [0.15, 0.2) is 22.7 Å². The van der Waals surface area contributed by atoms with E-state index in [0.29, 0.717) is 6.42 Å². The third-order valence-corrected chi connectivity index (χ3v) is 2.43. The molecule has 0 saturated carbocycles. The van der Waals surface area contributed by atoms with Crippen LogP contribution in [0.4, 0.5) is 4.39 Å². The summed E-state index contributed by atoms with van der Waals surface area (Å²) in [4.78, 5) is 0. The molecular weight excluding hydrogens is 235 g/mol. The minimum absolute atomic E-state index is 0.260. The molecule has 0 aliphatic carbocycles. The highest BCUT2D eigenvalue weighted by molar-refractivity contribution is 9.10. The lowest BCUT2D eigenvalue weighted by Crippen LogP contribution is -1.89. The Bertz CT molecular complexity index is 276. The van der Waals surface area contributed by atoms with Crippen LogP contribution in [-0.4, -0.2) is 13.8 Å². The van der Waals surface area contributed by atoms with Crippen molar-refractivity contribution in [1.29, 1.82) is 0 Å². The normalized spacial score (nSPS) is 10.1. The summed E-state index contributed by atoms with van der Waals surface area (Å²) < 4.78 is 17.9. The molecule has 0 fully saturated rings. The molecule has 1 aromatic rings. The van der Waals surface area contributed by atoms with Gasteiger partial charge in [-0.15, -0.1) is 0 Å². The van der Waals surface area contributed by atoms with Crippen LogP contribution >= 0.6 is 15.9 Å². The maximum absolute atomic E-state index is 11.9. The SMILES string of the molecule is COc1ccc(CCCF)cc1Br. The molecule has 0 heterocycles. The predicted octanol–water partition coefficient (Wildman–Crippen LogP) is 3.36. The van der Waals surface area contributed by atoms with Gasteiger partial charge in [0.1, 0.15) is 5.75 Å². The van der Waals surface area contributed by atoms with Gasteiger partial charge in [0.25, 0.3) is 0 Å². The van der Waals surface area contributed by atoms with Gasteiger partial charge in [-0.1, -0.05) is 6.07 Å². The first-order valence-electron chi connectivity index (χ1n) is 4.16. The molecule has 3 heteroatoms. The summed E-state index contributed by atoms with van der Waals surface area (Å²) in [6, 6.07) is 5.81. The number of methoxy groups -OCH3 is 1. The van der Waals surface area contributed by atoms with E-state index >= 15 is 0 Å². The minimum Gasteiger partial charge on any atom is -0.496 e. The predicted molar refractivity (Wildman–Crippen MR) is 55.0 cm³/mol. The van der Waals surface area contributed by atoms with E-state index in [4.69, 9.17) is 4.74 Å². The molecule has 0 unspecified atom stereocenters. The zero-order chi connectivity index (χ0) is 9.68. The van der Waals surface area contributed by atoms with Crippen molar-refractivity contribution in [2.75, 3.05) is 13.8 Å². The van der Waals surface area contributed by atoms with Gasteiger partial charge in [-0.2, -0.15) is 0 Å². The second-order valence-electron chi connectivity index (χ2n) is 2.76. The Morgan fingerprint density at radius 1 is 1.46 bits per heavy atom. The van der Waals surface area contributed by atoms with Crippen molar-refractivity contribution in [2.24, 2.45) is 0 Å². The monoisotopic (exact) mass is 246 g/mol. The van der Waals surface area contributed by atoms with E-state index in [1.165, 1.54) is 0 Å². The Balaban J connectivity index is 2.71. The second kappa shape index (κ2) is 5.22. The van der Waals surface area contributed by atoms with Crippen molar-refractivity contribution < 1.29 is 9.13 Å². The van der Waals surface area contributed by atoms with Crippen LogP contribution in [0.5, 0.6) is 5.75 Å². The molecule has 0 saturated heterocycles. The summed E-state index contributed by atoms with van der Waals surface area (Å²) in [5.74, 6) is 0.809.